The lowest BCUT2D eigenvalue weighted by Gasteiger charge is -2.14. The molecule has 2 aromatic rings. The summed E-state index contributed by atoms with van der Waals surface area (Å²) in [6.07, 6.45) is 1.69. The summed E-state index contributed by atoms with van der Waals surface area (Å²) in [5.74, 6) is 0.466. The minimum atomic E-state index is -0.230. The Balaban J connectivity index is 2.14. The van der Waals surface area contributed by atoms with E-state index < -0.39 is 0 Å². The molecule has 1 aromatic heterocycles. The zero-order valence-corrected chi connectivity index (χ0v) is 9.81. The summed E-state index contributed by atoms with van der Waals surface area (Å²) in [4.78, 5) is 0. The number of aryl methyl sites for hydroxylation is 1. The van der Waals surface area contributed by atoms with Gasteiger partial charge in [0, 0.05) is 0 Å². The number of nitrogens with one attached hydrogen (secondary N) is 1. The van der Waals surface area contributed by atoms with Crippen molar-refractivity contribution in [1.82, 2.24) is 10.2 Å². The van der Waals surface area contributed by atoms with Crippen molar-refractivity contribution in [1.29, 1.82) is 0 Å². The van der Waals surface area contributed by atoms with E-state index in [0.29, 0.717) is 5.82 Å². The molecule has 1 aromatic carbocycles. The summed E-state index contributed by atoms with van der Waals surface area (Å²) in [5, 5.41) is 11.0. The van der Waals surface area contributed by atoms with Crippen molar-refractivity contribution in [3.05, 3.63) is 53.5 Å². The molecule has 0 fully saturated rings. The van der Waals surface area contributed by atoms with Crippen molar-refractivity contribution in [2.75, 3.05) is 5.32 Å². The lowest BCUT2D eigenvalue weighted by atomic mass is 10.1. The van der Waals surface area contributed by atoms with Crippen LogP contribution in [0.1, 0.15) is 24.1 Å². The van der Waals surface area contributed by atoms with Gasteiger partial charge in [-0.1, -0.05) is 12.1 Å². The van der Waals surface area contributed by atoms with Gasteiger partial charge in [-0.05, 0) is 43.2 Å². The third-order valence-electron chi connectivity index (χ3n) is 2.50. The van der Waals surface area contributed by atoms with E-state index in [1.807, 2.05) is 26.0 Å². The smallest absolute Gasteiger partial charge is 0.149 e. The monoisotopic (exact) mass is 231 g/mol. The molecule has 0 bridgehead atoms. The van der Waals surface area contributed by atoms with Gasteiger partial charge in [0.2, 0.25) is 0 Å². The van der Waals surface area contributed by atoms with Crippen molar-refractivity contribution in [2.45, 2.75) is 19.9 Å². The van der Waals surface area contributed by atoms with Crippen molar-refractivity contribution in [2.24, 2.45) is 0 Å². The van der Waals surface area contributed by atoms with Crippen molar-refractivity contribution in [3.8, 4) is 0 Å². The molecule has 0 saturated heterocycles. The Kier molecular flexibility index (Phi) is 3.32. The van der Waals surface area contributed by atoms with E-state index >= 15 is 0 Å². The number of hydrogen-bond donors (Lipinski definition) is 1. The van der Waals surface area contributed by atoms with Crippen molar-refractivity contribution in [3.63, 3.8) is 0 Å². The van der Waals surface area contributed by atoms with Gasteiger partial charge in [0.25, 0.3) is 0 Å². The topological polar surface area (TPSA) is 37.8 Å². The molecule has 0 aliphatic heterocycles. The van der Waals surface area contributed by atoms with Crippen LogP contribution in [0.2, 0.25) is 0 Å². The normalized spacial score (nSPS) is 12.2. The molecule has 4 heteroatoms. The van der Waals surface area contributed by atoms with Gasteiger partial charge >= 0.3 is 0 Å². The quantitative estimate of drug-likeness (QED) is 0.882. The number of halogens is 1. The van der Waals surface area contributed by atoms with Crippen molar-refractivity contribution < 1.29 is 4.39 Å². The molecular weight excluding hydrogens is 217 g/mol. The second-order valence-electron chi connectivity index (χ2n) is 4.04. The Labute approximate surface area is 99.7 Å². The van der Waals surface area contributed by atoms with Gasteiger partial charge in [-0.25, -0.2) is 4.39 Å². The molecule has 2 rings (SSSR count). The highest BCUT2D eigenvalue weighted by molar-refractivity contribution is 5.38. The first kappa shape index (κ1) is 11.5. The van der Waals surface area contributed by atoms with Crippen molar-refractivity contribution >= 4 is 5.82 Å². The van der Waals surface area contributed by atoms with Gasteiger partial charge in [0.1, 0.15) is 11.6 Å². The average molecular weight is 231 g/mol. The summed E-state index contributed by atoms with van der Waals surface area (Å²) >= 11 is 0. The fourth-order valence-electron chi connectivity index (χ4n) is 1.62. The van der Waals surface area contributed by atoms with E-state index in [1.165, 1.54) is 12.1 Å². The maximum atomic E-state index is 13.1. The van der Waals surface area contributed by atoms with Gasteiger partial charge in [-0.3, -0.25) is 0 Å². The SMILES string of the molecule is Cc1cnnc(NC(C)c2cccc(F)c2)c1. The molecule has 1 atom stereocenters. The van der Waals surface area contributed by atoms with Crippen LogP contribution in [-0.4, -0.2) is 10.2 Å². The zero-order chi connectivity index (χ0) is 12.3. The first-order valence-electron chi connectivity index (χ1n) is 5.46. The van der Waals surface area contributed by atoms with Crippen LogP contribution in [0.25, 0.3) is 0 Å². The van der Waals surface area contributed by atoms with E-state index in [9.17, 15) is 4.39 Å². The molecule has 0 radical (unpaired) electrons. The van der Waals surface area contributed by atoms with Crippen LogP contribution in [0.3, 0.4) is 0 Å². The second kappa shape index (κ2) is 4.91. The van der Waals surface area contributed by atoms with Gasteiger partial charge in [-0.2, -0.15) is 5.10 Å². The molecule has 0 aliphatic carbocycles. The molecule has 1 N–H and O–H groups in total. The highest BCUT2D eigenvalue weighted by Gasteiger charge is 2.07. The molecule has 0 spiro atoms. The number of aromatic nitrogens is 2. The van der Waals surface area contributed by atoms with Crippen LogP contribution in [0.5, 0.6) is 0 Å². The summed E-state index contributed by atoms with van der Waals surface area (Å²) < 4.78 is 13.1. The van der Waals surface area contributed by atoms with E-state index in [1.54, 1.807) is 12.3 Å². The first-order chi connectivity index (χ1) is 8.15. The second-order valence-corrected chi connectivity index (χ2v) is 4.04. The Morgan fingerprint density at radius 3 is 2.82 bits per heavy atom. The maximum absolute atomic E-state index is 13.1. The standard InChI is InChI=1S/C13H14FN3/c1-9-6-13(17-15-8-9)16-10(2)11-4-3-5-12(14)7-11/h3-8,10H,1-2H3,(H,16,17). The molecule has 0 amide bonds. The summed E-state index contributed by atoms with van der Waals surface area (Å²) in [6, 6.07) is 8.42. The lowest BCUT2D eigenvalue weighted by Crippen LogP contribution is -2.08. The minimum absolute atomic E-state index is 0.0122. The summed E-state index contributed by atoms with van der Waals surface area (Å²) in [7, 11) is 0. The fourth-order valence-corrected chi connectivity index (χ4v) is 1.62. The van der Waals surface area contributed by atoms with Gasteiger partial charge in [-0.15, -0.1) is 5.10 Å². The van der Waals surface area contributed by atoms with Crippen LogP contribution in [-0.2, 0) is 0 Å². The minimum Gasteiger partial charge on any atom is -0.362 e. The van der Waals surface area contributed by atoms with Gasteiger partial charge in [0.05, 0.1) is 12.2 Å². The Morgan fingerprint density at radius 1 is 1.29 bits per heavy atom. The number of rotatable bonds is 3. The van der Waals surface area contributed by atoms with Crippen LogP contribution in [0, 0.1) is 12.7 Å². The summed E-state index contributed by atoms with van der Waals surface area (Å²) in [5.41, 5.74) is 1.92. The van der Waals surface area contributed by atoms with Crippen LogP contribution >= 0.6 is 0 Å². The predicted molar refractivity (Wildman–Crippen MR) is 65.2 cm³/mol. The molecule has 88 valence electrons. The third kappa shape index (κ3) is 3.00. The largest absolute Gasteiger partial charge is 0.362 e. The molecule has 0 aliphatic rings. The van der Waals surface area contributed by atoms with E-state index in [4.69, 9.17) is 0 Å². The van der Waals surface area contributed by atoms with E-state index in [0.717, 1.165) is 11.1 Å². The number of hydrogen-bond acceptors (Lipinski definition) is 3. The first-order valence-corrected chi connectivity index (χ1v) is 5.46. The molecule has 3 nitrogen and oxygen atoms in total. The van der Waals surface area contributed by atoms with Crippen LogP contribution in [0.4, 0.5) is 10.2 Å². The van der Waals surface area contributed by atoms with Crippen LogP contribution < -0.4 is 5.32 Å². The van der Waals surface area contributed by atoms with E-state index in [-0.39, 0.29) is 11.9 Å². The lowest BCUT2D eigenvalue weighted by molar-refractivity contribution is 0.623. The molecular formula is C13H14FN3. The fraction of sp³-hybridized carbons (Fsp3) is 0.231. The Hall–Kier alpha value is -1.97. The Bertz CT molecular complexity index is 514. The molecule has 0 saturated carbocycles. The maximum Gasteiger partial charge on any atom is 0.149 e. The third-order valence-corrected chi connectivity index (χ3v) is 2.50. The highest BCUT2D eigenvalue weighted by atomic mass is 19.1. The van der Waals surface area contributed by atoms with Gasteiger partial charge < -0.3 is 5.32 Å². The highest BCUT2D eigenvalue weighted by Crippen LogP contribution is 2.18. The molecule has 17 heavy (non-hydrogen) atoms. The summed E-state index contributed by atoms with van der Waals surface area (Å²) in [6.45, 7) is 3.91. The van der Waals surface area contributed by atoms with E-state index in [2.05, 4.69) is 15.5 Å². The average Bonchev–Trinajstić information content (AvgIpc) is 2.29. The van der Waals surface area contributed by atoms with Gasteiger partial charge in [0.15, 0.2) is 0 Å². The number of nitrogens with zero attached hydrogens (tertiary/aromatic N) is 2. The molecule has 1 unspecified atom stereocenters. The number of benzene rings is 1. The predicted octanol–water partition coefficient (Wildman–Crippen LogP) is 3.10. The molecule has 1 heterocycles. The zero-order valence-electron chi connectivity index (χ0n) is 9.81. The van der Waals surface area contributed by atoms with Crippen LogP contribution in [0.15, 0.2) is 36.5 Å². The Morgan fingerprint density at radius 2 is 2.12 bits per heavy atom. The number of anilines is 1.